The topological polar surface area (TPSA) is 29.1 Å². The molecule has 0 fully saturated rings. The molecular formula is C18H28FNO. The molecule has 3 heteroatoms. The van der Waals surface area contributed by atoms with Gasteiger partial charge in [-0.15, -0.1) is 0 Å². The van der Waals surface area contributed by atoms with Crippen LogP contribution in [0.5, 0.6) is 0 Å². The first-order valence-electron chi connectivity index (χ1n) is 7.53. The Balaban J connectivity index is 2.68. The van der Waals surface area contributed by atoms with Gasteiger partial charge in [0.2, 0.25) is 0 Å². The normalized spacial score (nSPS) is 13.9. The van der Waals surface area contributed by atoms with Gasteiger partial charge in [-0.2, -0.15) is 0 Å². The van der Waals surface area contributed by atoms with E-state index in [9.17, 15) is 9.18 Å². The second-order valence-electron chi connectivity index (χ2n) is 8.04. The minimum atomic E-state index is -0.327. The summed E-state index contributed by atoms with van der Waals surface area (Å²) in [6, 6.07) is 5.65. The van der Waals surface area contributed by atoms with Gasteiger partial charge < -0.3 is 5.32 Å². The first kappa shape index (κ1) is 17.7. The van der Waals surface area contributed by atoms with Crippen LogP contribution in [-0.2, 0) is 0 Å². The molecule has 0 heterocycles. The highest BCUT2D eigenvalue weighted by Crippen LogP contribution is 2.35. The summed E-state index contributed by atoms with van der Waals surface area (Å²) >= 11 is 0. The van der Waals surface area contributed by atoms with Gasteiger partial charge >= 0.3 is 0 Å². The Kier molecular flexibility index (Phi) is 5.54. The van der Waals surface area contributed by atoms with E-state index in [1.807, 2.05) is 0 Å². The molecule has 1 aromatic carbocycles. The zero-order valence-electron chi connectivity index (χ0n) is 14.1. The lowest BCUT2D eigenvalue weighted by molar-refractivity contribution is 0.0915. The summed E-state index contributed by atoms with van der Waals surface area (Å²) in [4.78, 5) is 12.1. The summed E-state index contributed by atoms with van der Waals surface area (Å²) in [6.07, 6.45) is 1.04. The molecule has 0 aliphatic heterocycles. The largest absolute Gasteiger partial charge is 0.352 e. The maximum absolute atomic E-state index is 12.9. The number of hydrogen-bond acceptors (Lipinski definition) is 1. The summed E-state index contributed by atoms with van der Waals surface area (Å²) in [7, 11) is 0. The molecule has 0 aliphatic carbocycles. The number of nitrogens with one attached hydrogen (secondary N) is 1. The lowest BCUT2D eigenvalue weighted by atomic mass is 9.72. The van der Waals surface area contributed by atoms with Crippen LogP contribution in [0.2, 0.25) is 0 Å². The third kappa shape index (κ3) is 6.28. The SMILES string of the molecule is CC(C)(C)CC(CNC(=O)c1ccc(F)cc1)C(C)(C)C. The molecule has 0 saturated heterocycles. The van der Waals surface area contributed by atoms with E-state index in [1.165, 1.54) is 24.3 Å². The summed E-state index contributed by atoms with van der Waals surface area (Å²) in [5.41, 5.74) is 0.849. The van der Waals surface area contributed by atoms with Crippen LogP contribution >= 0.6 is 0 Å². The molecule has 1 rings (SSSR count). The Morgan fingerprint density at radius 1 is 1.10 bits per heavy atom. The zero-order chi connectivity index (χ0) is 16.3. The first-order valence-corrected chi connectivity index (χ1v) is 7.53. The molecule has 21 heavy (non-hydrogen) atoms. The Bertz CT molecular complexity index is 465. The minimum Gasteiger partial charge on any atom is -0.352 e. The van der Waals surface area contributed by atoms with E-state index in [-0.39, 0.29) is 22.6 Å². The van der Waals surface area contributed by atoms with Gasteiger partial charge in [0.05, 0.1) is 0 Å². The predicted molar refractivity (Wildman–Crippen MR) is 85.8 cm³/mol. The quantitative estimate of drug-likeness (QED) is 0.860. The predicted octanol–water partition coefficient (Wildman–Crippen LogP) is 4.65. The van der Waals surface area contributed by atoms with Crippen LogP contribution in [0.15, 0.2) is 24.3 Å². The van der Waals surface area contributed by atoms with E-state index in [2.05, 4.69) is 46.9 Å². The van der Waals surface area contributed by atoms with Gasteiger partial charge in [-0.1, -0.05) is 41.5 Å². The molecule has 0 saturated carbocycles. The molecule has 1 amide bonds. The van der Waals surface area contributed by atoms with Crippen molar-refractivity contribution in [2.75, 3.05) is 6.54 Å². The fourth-order valence-corrected chi connectivity index (χ4v) is 2.34. The van der Waals surface area contributed by atoms with Crippen molar-refractivity contribution in [3.05, 3.63) is 35.6 Å². The highest BCUT2D eigenvalue weighted by molar-refractivity contribution is 5.94. The lowest BCUT2D eigenvalue weighted by Crippen LogP contribution is -2.37. The Morgan fingerprint density at radius 2 is 1.62 bits per heavy atom. The van der Waals surface area contributed by atoms with Gasteiger partial charge in [0.25, 0.3) is 5.91 Å². The molecule has 0 spiro atoms. The summed E-state index contributed by atoms with van der Waals surface area (Å²) in [5.74, 6) is -0.0769. The van der Waals surface area contributed by atoms with E-state index >= 15 is 0 Å². The Morgan fingerprint density at radius 3 is 2.05 bits per heavy atom. The van der Waals surface area contributed by atoms with Crippen LogP contribution in [0, 0.1) is 22.6 Å². The molecule has 0 aliphatic rings. The second-order valence-corrected chi connectivity index (χ2v) is 8.04. The zero-order valence-corrected chi connectivity index (χ0v) is 14.1. The Labute approximate surface area is 128 Å². The molecule has 0 bridgehead atoms. The summed E-state index contributed by atoms with van der Waals surface area (Å²) < 4.78 is 12.9. The van der Waals surface area contributed by atoms with E-state index in [4.69, 9.17) is 0 Å². The number of carbonyl (C=O) groups is 1. The molecule has 1 atom stereocenters. The van der Waals surface area contributed by atoms with E-state index < -0.39 is 0 Å². The fraction of sp³-hybridized carbons (Fsp3) is 0.611. The van der Waals surface area contributed by atoms with Crippen LogP contribution in [0.3, 0.4) is 0 Å². The van der Waals surface area contributed by atoms with Crippen molar-refractivity contribution >= 4 is 5.91 Å². The fourth-order valence-electron chi connectivity index (χ4n) is 2.34. The van der Waals surface area contributed by atoms with Crippen LogP contribution in [0.1, 0.15) is 58.3 Å². The van der Waals surface area contributed by atoms with Crippen LogP contribution in [0.25, 0.3) is 0 Å². The van der Waals surface area contributed by atoms with Crippen molar-refractivity contribution in [1.82, 2.24) is 5.32 Å². The van der Waals surface area contributed by atoms with Crippen molar-refractivity contribution < 1.29 is 9.18 Å². The van der Waals surface area contributed by atoms with Gasteiger partial charge in [0.15, 0.2) is 0 Å². The smallest absolute Gasteiger partial charge is 0.251 e. The number of carbonyl (C=O) groups excluding carboxylic acids is 1. The molecule has 0 aromatic heterocycles. The number of rotatable bonds is 4. The second kappa shape index (κ2) is 6.59. The van der Waals surface area contributed by atoms with Crippen LogP contribution < -0.4 is 5.32 Å². The Hall–Kier alpha value is -1.38. The molecule has 1 N–H and O–H groups in total. The van der Waals surface area contributed by atoms with Crippen molar-refractivity contribution in [3.63, 3.8) is 0 Å². The highest BCUT2D eigenvalue weighted by atomic mass is 19.1. The summed E-state index contributed by atoms with van der Waals surface area (Å²) in [5, 5.41) is 2.99. The number of benzene rings is 1. The highest BCUT2D eigenvalue weighted by Gasteiger charge is 2.29. The van der Waals surface area contributed by atoms with Crippen molar-refractivity contribution in [3.8, 4) is 0 Å². The molecule has 1 unspecified atom stereocenters. The van der Waals surface area contributed by atoms with E-state index in [0.717, 1.165) is 6.42 Å². The third-order valence-corrected chi connectivity index (χ3v) is 3.70. The van der Waals surface area contributed by atoms with Crippen LogP contribution in [-0.4, -0.2) is 12.5 Å². The number of amides is 1. The maximum Gasteiger partial charge on any atom is 0.251 e. The maximum atomic E-state index is 12.9. The van der Waals surface area contributed by atoms with E-state index in [0.29, 0.717) is 18.0 Å². The van der Waals surface area contributed by atoms with Gasteiger partial charge in [0.1, 0.15) is 5.82 Å². The average molecular weight is 293 g/mol. The minimum absolute atomic E-state index is 0.128. The van der Waals surface area contributed by atoms with Gasteiger partial charge in [-0.25, -0.2) is 4.39 Å². The van der Waals surface area contributed by atoms with Gasteiger partial charge in [0, 0.05) is 12.1 Å². The van der Waals surface area contributed by atoms with Gasteiger partial charge in [-0.3, -0.25) is 4.79 Å². The number of hydrogen-bond donors (Lipinski definition) is 1. The summed E-state index contributed by atoms with van der Waals surface area (Å²) in [6.45, 7) is 13.9. The number of halogens is 1. The lowest BCUT2D eigenvalue weighted by Gasteiger charge is -2.35. The first-order chi connectivity index (χ1) is 9.49. The van der Waals surface area contributed by atoms with Crippen LogP contribution in [0.4, 0.5) is 4.39 Å². The van der Waals surface area contributed by atoms with Crippen molar-refractivity contribution in [2.45, 2.75) is 48.0 Å². The molecule has 2 nitrogen and oxygen atoms in total. The third-order valence-electron chi connectivity index (χ3n) is 3.70. The van der Waals surface area contributed by atoms with E-state index in [1.54, 1.807) is 0 Å². The molecule has 118 valence electrons. The standard InChI is InChI=1S/C18H28FNO/c1-17(2,3)11-14(18(4,5)6)12-20-16(21)13-7-9-15(19)10-8-13/h7-10,14H,11-12H2,1-6H3,(H,20,21). The molecule has 0 radical (unpaired) electrons. The van der Waals surface area contributed by atoms with Crippen molar-refractivity contribution in [1.29, 1.82) is 0 Å². The monoisotopic (exact) mass is 293 g/mol. The van der Waals surface area contributed by atoms with Crippen molar-refractivity contribution in [2.24, 2.45) is 16.7 Å². The van der Waals surface area contributed by atoms with Gasteiger partial charge in [-0.05, 0) is 47.4 Å². The average Bonchev–Trinajstić information content (AvgIpc) is 2.32. The molecular weight excluding hydrogens is 265 g/mol. The molecule has 1 aromatic rings.